The molecule has 0 unspecified atom stereocenters. The third-order valence-electron chi connectivity index (χ3n) is 7.99. The van der Waals surface area contributed by atoms with Gasteiger partial charge in [0.25, 0.3) is 5.91 Å². The van der Waals surface area contributed by atoms with Gasteiger partial charge in [-0.05, 0) is 41.7 Å². The van der Waals surface area contributed by atoms with Crippen molar-refractivity contribution in [3.8, 4) is 0 Å². The summed E-state index contributed by atoms with van der Waals surface area (Å²) < 4.78 is 0. The third kappa shape index (κ3) is 4.28. The third-order valence-corrected chi connectivity index (χ3v) is 7.99. The maximum absolute atomic E-state index is 13.9. The number of nitrogens with zero attached hydrogens (tertiary/aromatic N) is 1. The molecule has 7 nitrogen and oxygen atoms in total. The van der Waals surface area contributed by atoms with Crippen molar-refractivity contribution in [1.29, 1.82) is 0 Å². The first kappa shape index (κ1) is 24.9. The highest BCUT2D eigenvalue weighted by atomic mass is 16.2. The average molecular weight is 521 g/mol. The molecule has 39 heavy (non-hydrogen) atoms. The van der Waals surface area contributed by atoms with Gasteiger partial charge in [-0.25, -0.2) is 0 Å². The summed E-state index contributed by atoms with van der Waals surface area (Å²) in [6.07, 6.45) is 0.372. The molecular formula is C32H32N4O3. The number of aromatic amines is 1. The number of aromatic nitrogens is 1. The van der Waals surface area contributed by atoms with Crippen molar-refractivity contribution in [3.63, 3.8) is 0 Å². The summed E-state index contributed by atoms with van der Waals surface area (Å²) in [5.74, 6) is -0.858. The summed E-state index contributed by atoms with van der Waals surface area (Å²) in [6, 6.07) is 21.7. The highest BCUT2D eigenvalue weighted by Crippen LogP contribution is 2.46. The standard InChI is InChI=1S/C32H32N4O3/c1-18(2)27(31(38)33-17-20-14-12-19(3)13-15-20)35-30(37)26-16-24-21-8-6-7-11-25(21)34-28(24)29-22-9-4-5-10-23(22)32(39)36(26)29/h4-15,18,26-27,29,34H,16-17H2,1-3H3,(H,33,38)(H,35,37)/t26-,27-,29+/m0/s1. The number of rotatable bonds is 6. The maximum Gasteiger partial charge on any atom is 0.255 e. The summed E-state index contributed by atoms with van der Waals surface area (Å²) in [5.41, 5.74) is 6.63. The number of nitrogens with one attached hydrogen (secondary N) is 3. The molecule has 1 aromatic heterocycles. The van der Waals surface area contributed by atoms with E-state index in [1.54, 1.807) is 4.90 Å². The van der Waals surface area contributed by atoms with Gasteiger partial charge in [0, 0.05) is 35.1 Å². The number of amides is 3. The van der Waals surface area contributed by atoms with Gasteiger partial charge in [-0.15, -0.1) is 0 Å². The second kappa shape index (κ2) is 9.73. The number of carbonyl (C=O) groups excluding carboxylic acids is 3. The Labute approximate surface area is 227 Å². The van der Waals surface area contributed by atoms with E-state index in [-0.39, 0.29) is 29.7 Å². The minimum atomic E-state index is -0.743. The average Bonchev–Trinajstić information content (AvgIpc) is 3.46. The van der Waals surface area contributed by atoms with Crippen LogP contribution in [0, 0.1) is 12.8 Å². The molecule has 7 heteroatoms. The number of para-hydroxylation sites is 1. The first-order valence-corrected chi connectivity index (χ1v) is 13.5. The van der Waals surface area contributed by atoms with Gasteiger partial charge in [-0.3, -0.25) is 14.4 Å². The molecule has 0 fully saturated rings. The molecular weight excluding hydrogens is 488 g/mol. The van der Waals surface area contributed by atoms with Crippen molar-refractivity contribution in [2.75, 3.05) is 0 Å². The molecule has 0 spiro atoms. The lowest BCUT2D eigenvalue weighted by atomic mass is 9.89. The number of hydrogen-bond donors (Lipinski definition) is 3. The molecule has 0 saturated heterocycles. The lowest BCUT2D eigenvalue weighted by Crippen LogP contribution is -2.57. The molecule has 3 amide bonds. The second-order valence-corrected chi connectivity index (χ2v) is 10.9. The van der Waals surface area contributed by atoms with E-state index in [0.29, 0.717) is 18.5 Å². The van der Waals surface area contributed by atoms with E-state index >= 15 is 0 Å². The number of fused-ring (bicyclic) bond motifs is 7. The van der Waals surface area contributed by atoms with Crippen LogP contribution in [0.25, 0.3) is 10.9 Å². The molecule has 3 heterocycles. The van der Waals surface area contributed by atoms with Gasteiger partial charge in [0.05, 0.1) is 6.04 Å². The van der Waals surface area contributed by atoms with Crippen LogP contribution in [0.3, 0.4) is 0 Å². The summed E-state index contributed by atoms with van der Waals surface area (Å²) in [4.78, 5) is 46.1. The first-order valence-electron chi connectivity index (χ1n) is 13.5. The van der Waals surface area contributed by atoms with Crippen molar-refractivity contribution in [3.05, 3.63) is 106 Å². The molecule has 2 aliphatic rings. The fourth-order valence-electron chi connectivity index (χ4n) is 5.93. The monoisotopic (exact) mass is 520 g/mol. The van der Waals surface area contributed by atoms with Gasteiger partial charge in [0.15, 0.2) is 0 Å². The van der Waals surface area contributed by atoms with E-state index in [2.05, 4.69) is 15.6 Å². The minimum Gasteiger partial charge on any atom is -0.356 e. The summed E-state index contributed by atoms with van der Waals surface area (Å²) >= 11 is 0. The van der Waals surface area contributed by atoms with Crippen LogP contribution in [0.5, 0.6) is 0 Å². The molecule has 0 saturated carbocycles. The fourth-order valence-corrected chi connectivity index (χ4v) is 5.93. The predicted molar refractivity (Wildman–Crippen MR) is 150 cm³/mol. The maximum atomic E-state index is 13.9. The Hall–Kier alpha value is -4.39. The number of benzene rings is 3. The quantitative estimate of drug-likeness (QED) is 0.352. The Balaban J connectivity index is 1.30. The molecule has 0 aliphatic carbocycles. The topological polar surface area (TPSA) is 94.3 Å². The second-order valence-electron chi connectivity index (χ2n) is 10.9. The van der Waals surface area contributed by atoms with Crippen LogP contribution in [-0.2, 0) is 22.6 Å². The Morgan fingerprint density at radius 3 is 2.49 bits per heavy atom. The van der Waals surface area contributed by atoms with Crippen LogP contribution in [0.1, 0.15) is 58.2 Å². The van der Waals surface area contributed by atoms with E-state index in [1.165, 1.54) is 0 Å². The lowest BCUT2D eigenvalue weighted by Gasteiger charge is -2.38. The van der Waals surface area contributed by atoms with Crippen LogP contribution in [0.4, 0.5) is 0 Å². The predicted octanol–water partition coefficient (Wildman–Crippen LogP) is 4.40. The number of carbonyl (C=O) groups is 3. The van der Waals surface area contributed by atoms with Gasteiger partial charge in [-0.2, -0.15) is 0 Å². The summed E-state index contributed by atoms with van der Waals surface area (Å²) in [7, 11) is 0. The van der Waals surface area contributed by atoms with Gasteiger partial charge in [0.1, 0.15) is 12.1 Å². The van der Waals surface area contributed by atoms with Crippen molar-refractivity contribution in [1.82, 2.24) is 20.5 Å². The molecule has 198 valence electrons. The molecule has 3 aromatic carbocycles. The van der Waals surface area contributed by atoms with Crippen LogP contribution in [0.2, 0.25) is 0 Å². The zero-order valence-electron chi connectivity index (χ0n) is 22.3. The van der Waals surface area contributed by atoms with Crippen LogP contribution in [-0.4, -0.2) is 39.7 Å². The van der Waals surface area contributed by atoms with Gasteiger partial charge in [0.2, 0.25) is 11.8 Å². The van der Waals surface area contributed by atoms with E-state index in [1.807, 2.05) is 93.6 Å². The highest BCUT2D eigenvalue weighted by molar-refractivity contribution is 6.04. The number of hydrogen-bond acceptors (Lipinski definition) is 3. The molecule has 0 bridgehead atoms. The Bertz CT molecular complexity index is 1590. The molecule has 3 atom stereocenters. The summed E-state index contributed by atoms with van der Waals surface area (Å²) in [6.45, 7) is 6.22. The first-order chi connectivity index (χ1) is 18.8. The van der Waals surface area contributed by atoms with Gasteiger partial charge >= 0.3 is 0 Å². The smallest absolute Gasteiger partial charge is 0.255 e. The molecule has 6 rings (SSSR count). The van der Waals surface area contributed by atoms with Gasteiger partial charge in [-0.1, -0.05) is 80.1 Å². The van der Waals surface area contributed by atoms with E-state index in [0.717, 1.165) is 38.9 Å². The fraction of sp³-hybridized carbons (Fsp3) is 0.281. The van der Waals surface area contributed by atoms with Crippen molar-refractivity contribution < 1.29 is 14.4 Å². The Morgan fingerprint density at radius 1 is 1.00 bits per heavy atom. The highest BCUT2D eigenvalue weighted by Gasteiger charge is 2.49. The van der Waals surface area contributed by atoms with Crippen LogP contribution < -0.4 is 10.6 Å². The molecule has 4 aromatic rings. The zero-order valence-corrected chi connectivity index (χ0v) is 22.3. The van der Waals surface area contributed by atoms with E-state index in [9.17, 15) is 14.4 Å². The lowest BCUT2D eigenvalue weighted by molar-refractivity contribution is -0.133. The normalized spacial score (nSPS) is 18.5. The number of H-pyrrole nitrogens is 1. The van der Waals surface area contributed by atoms with Crippen LogP contribution in [0.15, 0.2) is 72.8 Å². The zero-order chi connectivity index (χ0) is 27.3. The summed E-state index contributed by atoms with van der Waals surface area (Å²) in [5, 5.41) is 7.03. The Morgan fingerprint density at radius 2 is 1.72 bits per heavy atom. The van der Waals surface area contributed by atoms with Crippen molar-refractivity contribution >= 4 is 28.6 Å². The van der Waals surface area contributed by atoms with Crippen LogP contribution >= 0.6 is 0 Å². The molecule has 3 N–H and O–H groups in total. The van der Waals surface area contributed by atoms with Crippen molar-refractivity contribution in [2.45, 2.75) is 51.9 Å². The van der Waals surface area contributed by atoms with E-state index in [4.69, 9.17) is 0 Å². The molecule has 2 aliphatic heterocycles. The van der Waals surface area contributed by atoms with Gasteiger partial charge < -0.3 is 20.5 Å². The van der Waals surface area contributed by atoms with Crippen molar-refractivity contribution in [2.24, 2.45) is 5.92 Å². The minimum absolute atomic E-state index is 0.138. The Kier molecular flexibility index (Phi) is 6.22. The molecule has 0 radical (unpaired) electrons. The van der Waals surface area contributed by atoms with E-state index < -0.39 is 12.1 Å². The SMILES string of the molecule is Cc1ccc(CNC(=O)[C@@H](NC(=O)[C@@H]2Cc3c([nH]c4ccccc34)[C@H]3c4ccccc4C(=O)N32)C(C)C)cc1. The number of aryl methyl sites for hydroxylation is 1. The largest absolute Gasteiger partial charge is 0.356 e.